The average Bonchev–Trinajstić information content (AvgIpc) is 3.25. The number of fused-ring (bicyclic) bond motifs is 5. The summed E-state index contributed by atoms with van der Waals surface area (Å²) in [6, 6.07) is 6.35. The van der Waals surface area contributed by atoms with Crippen LogP contribution in [0.25, 0.3) is 0 Å². The zero-order valence-electron chi connectivity index (χ0n) is 24.1. The molecule has 0 spiro atoms. The van der Waals surface area contributed by atoms with Gasteiger partial charge in [0.15, 0.2) is 0 Å². The average molecular weight is 560 g/mol. The first kappa shape index (κ1) is 29.2. The maximum absolute atomic E-state index is 12.7. The van der Waals surface area contributed by atoms with E-state index in [1.807, 2.05) is 6.07 Å². The zero-order valence-corrected chi connectivity index (χ0v) is 24.9. The Bertz CT molecular complexity index is 1010. The lowest BCUT2D eigenvalue weighted by Crippen LogP contribution is -2.47. The fourth-order valence-electron chi connectivity index (χ4n) is 8.26. The van der Waals surface area contributed by atoms with Gasteiger partial charge in [0.25, 0.3) is 0 Å². The summed E-state index contributed by atoms with van der Waals surface area (Å²) >= 11 is 0. The number of hydrogen-bond acceptors (Lipinski definition) is 6. The molecule has 39 heavy (non-hydrogen) atoms. The molecule has 3 fully saturated rings. The summed E-state index contributed by atoms with van der Waals surface area (Å²) in [7, 11) is -0.721. The van der Waals surface area contributed by atoms with E-state index < -0.39 is 10.8 Å². The molecule has 3 aliphatic carbocycles. The first-order valence-electron chi connectivity index (χ1n) is 15.6. The van der Waals surface area contributed by atoms with Crippen LogP contribution in [0.2, 0.25) is 0 Å². The first-order valence-corrected chi connectivity index (χ1v) is 17.0. The number of carbonyl (C=O) groups excluding carboxylic acids is 1. The lowest BCUT2D eigenvalue weighted by molar-refractivity contribution is -0.135. The van der Waals surface area contributed by atoms with Crippen LogP contribution in [0, 0.1) is 23.2 Å². The Labute approximate surface area is 237 Å². The number of nitrogens with zero attached hydrogens (tertiary/aromatic N) is 1. The predicted octanol–water partition coefficient (Wildman–Crippen LogP) is 5.09. The molecule has 1 aliphatic heterocycles. The van der Waals surface area contributed by atoms with Gasteiger partial charge in [-0.05, 0) is 104 Å². The summed E-state index contributed by atoms with van der Waals surface area (Å²) in [6.07, 6.45) is 9.64. The highest BCUT2D eigenvalue weighted by Gasteiger charge is 2.56. The summed E-state index contributed by atoms with van der Waals surface area (Å²) in [5.74, 6) is 4.25. The maximum atomic E-state index is 12.7. The maximum Gasteiger partial charge on any atom is 0.312 e. The van der Waals surface area contributed by atoms with Crippen LogP contribution in [0.4, 0.5) is 0 Å². The van der Waals surface area contributed by atoms with E-state index in [2.05, 4.69) is 30.9 Å². The third kappa shape index (κ3) is 6.63. The molecular formula is C32H49NO5S. The normalized spacial score (nSPS) is 33.2. The Morgan fingerprint density at radius 1 is 1.18 bits per heavy atom. The van der Waals surface area contributed by atoms with Gasteiger partial charge in [0.05, 0.1) is 25.7 Å². The largest absolute Gasteiger partial charge is 0.426 e. The molecular weight excluding hydrogens is 510 g/mol. The van der Waals surface area contributed by atoms with Crippen molar-refractivity contribution in [3.05, 3.63) is 29.3 Å². The molecule has 6 nitrogen and oxygen atoms in total. The van der Waals surface area contributed by atoms with Gasteiger partial charge in [0.1, 0.15) is 5.75 Å². The second kappa shape index (κ2) is 13.1. The molecule has 1 aromatic carbocycles. The minimum absolute atomic E-state index is 0.0246. The standard InChI is InChI=1S/C32H49NO5S/c1-3-4-19-39(36)20-5-6-23-21-24-22-25(38-30(35)12-14-33-15-17-37-18-16-33)7-8-26(24)27-11-13-32(2)28(31(23)27)9-10-29(32)34/h7-8,22-23,27-29,31,34H,3-6,9-21H2,1-2H3/t23-,27-,28+,29+,31-,32+,39?/m1/s1. The van der Waals surface area contributed by atoms with Crippen LogP contribution in [-0.2, 0) is 26.8 Å². The monoisotopic (exact) mass is 559 g/mol. The SMILES string of the molecule is CCCCS(=O)CCC[C@@H]1Cc2cc(OC(=O)CCN3CCOCC3)ccc2[C@H]2CC[C@]3(C)[C@@H](O)CC[C@H]3[C@H]12. The second-order valence-electron chi connectivity index (χ2n) is 12.8. The molecule has 4 aliphatic rings. The van der Waals surface area contributed by atoms with Crippen LogP contribution < -0.4 is 4.74 Å². The Morgan fingerprint density at radius 2 is 1.97 bits per heavy atom. The Hall–Kier alpha value is -1.28. The van der Waals surface area contributed by atoms with Crippen molar-refractivity contribution in [2.75, 3.05) is 44.4 Å². The highest BCUT2D eigenvalue weighted by Crippen LogP contribution is 2.62. The molecule has 7 atom stereocenters. The van der Waals surface area contributed by atoms with E-state index in [4.69, 9.17) is 9.47 Å². The molecule has 1 unspecified atom stereocenters. The second-order valence-corrected chi connectivity index (χ2v) is 14.5. The number of rotatable bonds is 11. The number of carbonyl (C=O) groups is 1. The third-order valence-corrected chi connectivity index (χ3v) is 12.0. The van der Waals surface area contributed by atoms with Crippen molar-refractivity contribution >= 4 is 16.8 Å². The summed E-state index contributed by atoms with van der Waals surface area (Å²) in [5.41, 5.74) is 2.78. The number of ether oxygens (including phenoxy) is 2. The Morgan fingerprint density at radius 3 is 2.77 bits per heavy atom. The van der Waals surface area contributed by atoms with Gasteiger partial charge in [0, 0.05) is 41.9 Å². The van der Waals surface area contributed by atoms with Crippen molar-refractivity contribution in [2.24, 2.45) is 23.2 Å². The van der Waals surface area contributed by atoms with E-state index in [1.165, 1.54) is 11.1 Å². The molecule has 2 saturated carbocycles. The van der Waals surface area contributed by atoms with Crippen molar-refractivity contribution in [3.8, 4) is 5.75 Å². The molecule has 1 saturated heterocycles. The molecule has 5 rings (SSSR count). The van der Waals surface area contributed by atoms with E-state index >= 15 is 0 Å². The van der Waals surface area contributed by atoms with Crippen molar-refractivity contribution < 1.29 is 23.6 Å². The summed E-state index contributed by atoms with van der Waals surface area (Å²) in [4.78, 5) is 14.9. The number of unbranched alkanes of at least 4 members (excludes halogenated alkanes) is 1. The van der Waals surface area contributed by atoms with Crippen LogP contribution in [0.5, 0.6) is 5.75 Å². The highest BCUT2D eigenvalue weighted by atomic mass is 32.2. The van der Waals surface area contributed by atoms with Gasteiger partial charge >= 0.3 is 5.97 Å². The molecule has 1 heterocycles. The fourth-order valence-corrected chi connectivity index (χ4v) is 9.56. The van der Waals surface area contributed by atoms with Crippen LogP contribution in [0.15, 0.2) is 18.2 Å². The molecule has 1 aromatic rings. The number of esters is 1. The van der Waals surface area contributed by atoms with E-state index in [1.54, 1.807) is 0 Å². The highest BCUT2D eigenvalue weighted by molar-refractivity contribution is 7.84. The predicted molar refractivity (Wildman–Crippen MR) is 155 cm³/mol. The van der Waals surface area contributed by atoms with E-state index in [0.29, 0.717) is 42.4 Å². The summed E-state index contributed by atoms with van der Waals surface area (Å²) < 4.78 is 23.7. The van der Waals surface area contributed by atoms with Crippen molar-refractivity contribution in [2.45, 2.75) is 90.1 Å². The molecule has 218 valence electrons. The lowest BCUT2D eigenvalue weighted by atomic mass is 9.52. The molecule has 0 aromatic heterocycles. The minimum atomic E-state index is -0.721. The van der Waals surface area contributed by atoms with Gasteiger partial charge < -0.3 is 14.6 Å². The lowest BCUT2D eigenvalue weighted by Gasteiger charge is -2.53. The Kier molecular flexibility index (Phi) is 9.84. The van der Waals surface area contributed by atoms with Gasteiger partial charge in [-0.3, -0.25) is 13.9 Å². The van der Waals surface area contributed by atoms with Crippen molar-refractivity contribution in [1.29, 1.82) is 0 Å². The number of hydrogen-bond donors (Lipinski definition) is 1. The van der Waals surface area contributed by atoms with Crippen LogP contribution in [0.1, 0.15) is 88.7 Å². The van der Waals surface area contributed by atoms with Crippen LogP contribution >= 0.6 is 0 Å². The van der Waals surface area contributed by atoms with Gasteiger partial charge in [-0.1, -0.05) is 26.3 Å². The zero-order chi connectivity index (χ0) is 27.4. The topological polar surface area (TPSA) is 76.1 Å². The number of benzene rings is 1. The minimum Gasteiger partial charge on any atom is -0.426 e. The summed E-state index contributed by atoms with van der Waals surface area (Å²) in [6.45, 7) is 8.41. The van der Waals surface area contributed by atoms with Crippen molar-refractivity contribution in [3.63, 3.8) is 0 Å². The van der Waals surface area contributed by atoms with Gasteiger partial charge in [0.2, 0.25) is 0 Å². The third-order valence-electron chi connectivity index (χ3n) is 10.5. The van der Waals surface area contributed by atoms with Crippen molar-refractivity contribution in [1.82, 2.24) is 4.90 Å². The molecule has 0 bridgehead atoms. The molecule has 7 heteroatoms. The van der Waals surface area contributed by atoms with Gasteiger partial charge in [-0.25, -0.2) is 0 Å². The fraction of sp³-hybridized carbons (Fsp3) is 0.781. The van der Waals surface area contributed by atoms with E-state index in [-0.39, 0.29) is 17.5 Å². The quantitative estimate of drug-likeness (QED) is 0.301. The smallest absolute Gasteiger partial charge is 0.312 e. The van der Waals surface area contributed by atoms with E-state index in [9.17, 15) is 14.1 Å². The first-order chi connectivity index (χ1) is 18.9. The van der Waals surface area contributed by atoms with Gasteiger partial charge in [-0.15, -0.1) is 0 Å². The number of morpholine rings is 1. The molecule has 0 amide bonds. The number of aliphatic hydroxyl groups excluding tert-OH is 1. The molecule has 0 radical (unpaired) electrons. The van der Waals surface area contributed by atoms with E-state index in [0.717, 1.165) is 95.6 Å². The van der Waals surface area contributed by atoms with Gasteiger partial charge in [-0.2, -0.15) is 0 Å². The van der Waals surface area contributed by atoms with Crippen LogP contribution in [0.3, 0.4) is 0 Å². The van der Waals surface area contributed by atoms with Crippen LogP contribution in [-0.4, -0.2) is 70.6 Å². The summed E-state index contributed by atoms with van der Waals surface area (Å²) in [5, 5.41) is 10.9. The Balaban J connectivity index is 1.28. The molecule has 1 N–H and O–H groups in total. The number of aliphatic hydroxyl groups is 1.